The Hall–Kier alpha value is -2.69. The van der Waals surface area contributed by atoms with E-state index in [2.05, 4.69) is 36.5 Å². The first kappa shape index (κ1) is 19.1. The number of rotatable bonds is 4. The van der Waals surface area contributed by atoms with Gasteiger partial charge in [-0.05, 0) is 25.3 Å². The zero-order valence-electron chi connectivity index (χ0n) is 16.3. The maximum Gasteiger partial charge on any atom is 0.322 e. The van der Waals surface area contributed by atoms with Gasteiger partial charge in [-0.15, -0.1) is 0 Å². The van der Waals surface area contributed by atoms with Crippen LogP contribution in [-0.2, 0) is 0 Å². The van der Waals surface area contributed by atoms with Crippen molar-refractivity contribution in [3.8, 4) is 11.5 Å². The minimum absolute atomic E-state index is 0.0854. The Labute approximate surface area is 161 Å². The Morgan fingerprint density at radius 2 is 1.67 bits per heavy atom. The van der Waals surface area contributed by atoms with Gasteiger partial charge in [0.2, 0.25) is 0 Å². The second kappa shape index (κ2) is 8.80. The van der Waals surface area contributed by atoms with Crippen LogP contribution in [0.2, 0.25) is 0 Å². The molecular formula is C22H28N2O3. The third-order valence-electron chi connectivity index (χ3n) is 5.08. The average Bonchev–Trinajstić information content (AvgIpc) is 2.94. The monoisotopic (exact) mass is 368 g/mol. The van der Waals surface area contributed by atoms with Crippen molar-refractivity contribution < 1.29 is 14.3 Å². The van der Waals surface area contributed by atoms with E-state index in [0.29, 0.717) is 17.2 Å². The summed E-state index contributed by atoms with van der Waals surface area (Å²) < 4.78 is 10.6. The van der Waals surface area contributed by atoms with Gasteiger partial charge >= 0.3 is 6.03 Å². The second-order valence-electron chi connectivity index (χ2n) is 7.00. The molecule has 0 saturated carbocycles. The topological polar surface area (TPSA) is 50.8 Å². The number of nitrogens with one attached hydrogen (secondary N) is 1. The summed E-state index contributed by atoms with van der Waals surface area (Å²) in [5, 5.41) is 3.03. The Balaban J connectivity index is 1.83. The number of carbonyl (C=O) groups excluding carboxylic acids is 1. The number of methoxy groups -OCH3 is 2. The summed E-state index contributed by atoms with van der Waals surface area (Å²) in [5.41, 5.74) is 3.09. The molecule has 1 aliphatic rings. The standard InChI is InChI=1S/C22H28N2O3/c1-16-8-10-17(11-9-16)21-7-5-4-6-12-24(21)22(25)23-18-13-19(26-2)15-20(14-18)27-3/h8-11,13-15,21H,4-7,12H2,1-3H3,(H,23,25). The maximum absolute atomic E-state index is 13.1. The van der Waals surface area contributed by atoms with Crippen molar-refractivity contribution >= 4 is 11.7 Å². The molecule has 1 fully saturated rings. The van der Waals surface area contributed by atoms with E-state index in [9.17, 15) is 4.79 Å². The van der Waals surface area contributed by atoms with Gasteiger partial charge in [0.05, 0.1) is 20.3 Å². The fourth-order valence-corrected chi connectivity index (χ4v) is 3.56. The van der Waals surface area contributed by atoms with Crippen LogP contribution in [0.25, 0.3) is 0 Å². The molecule has 0 radical (unpaired) electrons. The molecule has 2 amide bonds. The van der Waals surface area contributed by atoms with Gasteiger partial charge in [0.1, 0.15) is 11.5 Å². The molecule has 1 unspecified atom stereocenters. The summed E-state index contributed by atoms with van der Waals surface area (Å²) in [5.74, 6) is 1.30. The van der Waals surface area contributed by atoms with Crippen LogP contribution in [0.15, 0.2) is 42.5 Å². The van der Waals surface area contributed by atoms with E-state index >= 15 is 0 Å². The van der Waals surface area contributed by atoms with Crippen molar-refractivity contribution in [2.75, 3.05) is 26.1 Å². The number of ether oxygens (including phenoxy) is 2. The predicted molar refractivity (Wildman–Crippen MR) is 108 cm³/mol. The molecule has 2 aromatic carbocycles. The minimum atomic E-state index is -0.0854. The largest absolute Gasteiger partial charge is 0.497 e. The average molecular weight is 368 g/mol. The number of hydrogen-bond acceptors (Lipinski definition) is 3. The molecule has 1 atom stereocenters. The van der Waals surface area contributed by atoms with Crippen molar-refractivity contribution in [3.63, 3.8) is 0 Å². The lowest BCUT2D eigenvalue weighted by atomic mass is 10.00. The van der Waals surface area contributed by atoms with E-state index in [-0.39, 0.29) is 12.1 Å². The normalized spacial score (nSPS) is 17.1. The molecule has 5 heteroatoms. The van der Waals surface area contributed by atoms with Gasteiger partial charge in [-0.1, -0.05) is 42.7 Å². The number of nitrogens with zero attached hydrogens (tertiary/aromatic N) is 1. The minimum Gasteiger partial charge on any atom is -0.497 e. The molecule has 144 valence electrons. The highest BCUT2D eigenvalue weighted by Gasteiger charge is 2.27. The fraction of sp³-hybridized carbons (Fsp3) is 0.409. The zero-order chi connectivity index (χ0) is 19.2. The lowest BCUT2D eigenvalue weighted by Crippen LogP contribution is -2.38. The summed E-state index contributed by atoms with van der Waals surface area (Å²) in [6.07, 6.45) is 4.30. The van der Waals surface area contributed by atoms with E-state index < -0.39 is 0 Å². The quantitative estimate of drug-likeness (QED) is 0.811. The Morgan fingerprint density at radius 3 is 2.30 bits per heavy atom. The van der Waals surface area contributed by atoms with E-state index in [1.54, 1.807) is 32.4 Å². The van der Waals surface area contributed by atoms with Gasteiger partial charge in [0, 0.05) is 30.4 Å². The SMILES string of the molecule is COc1cc(NC(=O)N2CCCCCC2c2ccc(C)cc2)cc(OC)c1. The second-order valence-corrected chi connectivity index (χ2v) is 7.00. The van der Waals surface area contributed by atoms with E-state index in [0.717, 1.165) is 32.2 Å². The molecule has 1 heterocycles. The van der Waals surface area contributed by atoms with Crippen molar-refractivity contribution in [1.82, 2.24) is 4.90 Å². The third kappa shape index (κ3) is 4.73. The molecule has 2 aromatic rings. The van der Waals surface area contributed by atoms with Crippen molar-refractivity contribution in [2.45, 2.75) is 38.6 Å². The van der Waals surface area contributed by atoms with Gasteiger partial charge in [0.25, 0.3) is 0 Å². The highest BCUT2D eigenvalue weighted by atomic mass is 16.5. The molecule has 0 aliphatic carbocycles. The number of amides is 2. The summed E-state index contributed by atoms with van der Waals surface area (Å²) in [7, 11) is 3.20. The summed E-state index contributed by atoms with van der Waals surface area (Å²) in [6.45, 7) is 2.84. The van der Waals surface area contributed by atoms with Gasteiger partial charge < -0.3 is 19.7 Å². The molecule has 3 rings (SSSR count). The van der Waals surface area contributed by atoms with Crippen LogP contribution in [-0.4, -0.2) is 31.7 Å². The highest BCUT2D eigenvalue weighted by Crippen LogP contribution is 2.32. The Kier molecular flexibility index (Phi) is 6.22. The van der Waals surface area contributed by atoms with E-state index in [4.69, 9.17) is 9.47 Å². The van der Waals surface area contributed by atoms with Crippen LogP contribution in [0, 0.1) is 6.92 Å². The zero-order valence-corrected chi connectivity index (χ0v) is 16.3. The van der Waals surface area contributed by atoms with E-state index in [1.807, 2.05) is 4.90 Å². The van der Waals surface area contributed by atoms with Crippen molar-refractivity contribution in [1.29, 1.82) is 0 Å². The fourth-order valence-electron chi connectivity index (χ4n) is 3.56. The number of urea groups is 1. The van der Waals surface area contributed by atoms with Crippen molar-refractivity contribution in [2.24, 2.45) is 0 Å². The maximum atomic E-state index is 13.1. The van der Waals surface area contributed by atoms with Gasteiger partial charge in [-0.2, -0.15) is 0 Å². The number of anilines is 1. The van der Waals surface area contributed by atoms with Gasteiger partial charge in [0.15, 0.2) is 0 Å². The smallest absolute Gasteiger partial charge is 0.322 e. The van der Waals surface area contributed by atoms with Crippen LogP contribution in [0.1, 0.15) is 42.9 Å². The highest BCUT2D eigenvalue weighted by molar-refractivity contribution is 5.90. The number of hydrogen-bond donors (Lipinski definition) is 1. The summed E-state index contributed by atoms with van der Waals surface area (Å²) in [6, 6.07) is 13.9. The first-order valence-corrected chi connectivity index (χ1v) is 9.48. The molecule has 0 spiro atoms. The van der Waals surface area contributed by atoms with Crippen LogP contribution in [0.4, 0.5) is 10.5 Å². The predicted octanol–water partition coefficient (Wildman–Crippen LogP) is 5.16. The molecule has 27 heavy (non-hydrogen) atoms. The molecule has 1 saturated heterocycles. The Morgan fingerprint density at radius 1 is 1.00 bits per heavy atom. The van der Waals surface area contributed by atoms with Crippen LogP contribution in [0.5, 0.6) is 11.5 Å². The molecular weight excluding hydrogens is 340 g/mol. The van der Waals surface area contributed by atoms with Gasteiger partial charge in [-0.25, -0.2) is 4.79 Å². The van der Waals surface area contributed by atoms with Crippen molar-refractivity contribution in [3.05, 3.63) is 53.6 Å². The molecule has 1 aliphatic heterocycles. The lowest BCUT2D eigenvalue weighted by molar-refractivity contribution is 0.189. The summed E-state index contributed by atoms with van der Waals surface area (Å²) in [4.78, 5) is 15.1. The first-order chi connectivity index (χ1) is 13.1. The van der Waals surface area contributed by atoms with E-state index in [1.165, 1.54) is 11.1 Å². The van der Waals surface area contributed by atoms with Crippen LogP contribution in [0.3, 0.4) is 0 Å². The first-order valence-electron chi connectivity index (χ1n) is 9.48. The number of benzene rings is 2. The molecule has 5 nitrogen and oxygen atoms in total. The van der Waals surface area contributed by atoms with Crippen LogP contribution < -0.4 is 14.8 Å². The number of likely N-dealkylation sites (tertiary alicyclic amines) is 1. The van der Waals surface area contributed by atoms with Gasteiger partial charge in [-0.3, -0.25) is 0 Å². The molecule has 1 N–H and O–H groups in total. The lowest BCUT2D eigenvalue weighted by Gasteiger charge is -2.30. The molecule has 0 bridgehead atoms. The van der Waals surface area contributed by atoms with Crippen LogP contribution >= 0.6 is 0 Å². The third-order valence-corrected chi connectivity index (χ3v) is 5.08. The summed E-state index contributed by atoms with van der Waals surface area (Å²) >= 11 is 0. The molecule has 0 aromatic heterocycles. The Bertz CT molecular complexity index is 751. The number of carbonyl (C=O) groups is 1. The number of aryl methyl sites for hydroxylation is 1.